The monoisotopic (exact) mass is 1390 g/mol. The number of para-hydroxylation sites is 7. The maximum Gasteiger partial charge on any atom is 0.268 e. The van der Waals surface area contributed by atoms with E-state index in [1.54, 1.807) is 0 Å². The van der Waals surface area contributed by atoms with E-state index in [1.165, 1.54) is 114 Å². The number of hydrogen-bond donors (Lipinski definition) is 0. The third-order valence-corrected chi connectivity index (χ3v) is 25.4. The predicted octanol–water partition coefficient (Wildman–Crippen LogP) is 18.3. The van der Waals surface area contributed by atoms with Gasteiger partial charge in [-0.25, -0.2) is 0 Å². The number of ether oxygens (including phenoxy) is 1. The molecule has 0 fully saturated rings. The quantitative estimate of drug-likeness (QED) is 0.124. The van der Waals surface area contributed by atoms with Crippen LogP contribution in [0.15, 0.2) is 322 Å². The third kappa shape index (κ3) is 8.92. The summed E-state index contributed by atoms with van der Waals surface area (Å²) >= 11 is 3.82. The Morgan fingerprint density at radius 2 is 0.594 bits per heavy atom. The van der Waals surface area contributed by atoms with Crippen LogP contribution in [0, 0.1) is 0 Å². The summed E-state index contributed by atoms with van der Waals surface area (Å²) < 4.78 is 12.5. The summed E-state index contributed by atoms with van der Waals surface area (Å²) in [6.45, 7) is -0.458. The second-order valence-electron chi connectivity index (χ2n) is 28.5. The average molecular weight is 1400 g/mol. The van der Waals surface area contributed by atoms with E-state index >= 15 is 0 Å². The van der Waals surface area contributed by atoms with Crippen LogP contribution in [0.25, 0.3) is 20.2 Å². The first kappa shape index (κ1) is 60.9. The number of fused-ring (bicyclic) bond motifs is 16. The van der Waals surface area contributed by atoms with E-state index in [2.05, 4.69) is 389 Å². The maximum atomic E-state index is 7.49. The van der Waals surface area contributed by atoms with Gasteiger partial charge < -0.3 is 43.9 Å². The van der Waals surface area contributed by atoms with Crippen LogP contribution in [0.1, 0.15) is 0 Å². The van der Waals surface area contributed by atoms with Crippen molar-refractivity contribution < 1.29 is 4.74 Å². The molecule has 0 amide bonds. The van der Waals surface area contributed by atoms with Crippen LogP contribution in [0.4, 0.5) is 114 Å². The molecule has 106 heavy (non-hydrogen) atoms. The number of nitrogens with zero attached hydrogens (tertiary/aromatic N) is 8. The lowest BCUT2D eigenvalue weighted by Crippen LogP contribution is -2.66. The van der Waals surface area contributed by atoms with E-state index in [0.717, 1.165) is 79.4 Å². The Bertz CT molecular complexity index is 6140. The van der Waals surface area contributed by atoms with Gasteiger partial charge in [0.1, 0.15) is 11.5 Å². The molecule has 14 heteroatoms. The Hall–Kier alpha value is -12.6. The molecule has 0 bridgehead atoms. The molecule has 0 atom stereocenters. The van der Waals surface area contributed by atoms with Crippen molar-refractivity contribution in [2.45, 2.75) is 0 Å². The van der Waals surface area contributed by atoms with Crippen molar-refractivity contribution in [2.75, 3.05) is 67.4 Å². The van der Waals surface area contributed by atoms with Gasteiger partial charge in [-0.15, -0.1) is 22.7 Å². The molecule has 14 aromatic carbocycles. The van der Waals surface area contributed by atoms with E-state index in [4.69, 9.17) is 4.74 Å². The van der Waals surface area contributed by atoms with Crippen LogP contribution < -0.4 is 91.7 Å². The van der Waals surface area contributed by atoms with Crippen LogP contribution >= 0.6 is 22.7 Å². The van der Waals surface area contributed by atoms with Gasteiger partial charge in [0, 0.05) is 155 Å². The van der Waals surface area contributed by atoms with Gasteiger partial charge in [-0.3, -0.25) is 0 Å². The number of thiophene rings is 2. The van der Waals surface area contributed by atoms with Crippen molar-refractivity contribution >= 4 is 225 Å². The van der Waals surface area contributed by atoms with Gasteiger partial charge >= 0.3 is 0 Å². The maximum absolute atomic E-state index is 7.49. The number of benzene rings is 14. The first-order valence-corrected chi connectivity index (χ1v) is 38.0. The van der Waals surface area contributed by atoms with Crippen molar-refractivity contribution in [1.82, 2.24) is 0 Å². The van der Waals surface area contributed by atoms with E-state index in [9.17, 15) is 0 Å². The molecular formula is C92H65B3N8OS2. The molecule has 0 spiro atoms. The Kier molecular flexibility index (Phi) is 13.5. The minimum absolute atomic E-state index is 0.125. The Morgan fingerprint density at radius 1 is 0.274 bits per heavy atom. The Morgan fingerprint density at radius 3 is 1.03 bits per heavy atom. The first-order chi connectivity index (χ1) is 52.3. The molecule has 9 nitrogen and oxygen atoms in total. The number of rotatable bonds is 10. The van der Waals surface area contributed by atoms with Crippen LogP contribution in [0.3, 0.4) is 0 Å². The summed E-state index contributed by atoms with van der Waals surface area (Å²) in [5.41, 5.74) is 31.4. The molecule has 0 radical (unpaired) electrons. The number of anilines is 20. The summed E-state index contributed by atoms with van der Waals surface area (Å²) in [7, 11) is 9.21. The first-order valence-electron chi connectivity index (χ1n) is 36.4. The zero-order chi connectivity index (χ0) is 70.2. The van der Waals surface area contributed by atoms with Crippen LogP contribution in [0.2, 0.25) is 0 Å². The van der Waals surface area contributed by atoms with Gasteiger partial charge in [0.15, 0.2) is 0 Å². The standard InChI is InChI=1S/C92H65B3N8OS2/c1-96-74-56-76-72(94-87-80(98(76)3)50-66(101(60-34-16-7-17-35-60)61-36-18-8-19-37-61)52-82(87)103(64-42-24-11-25-43-64)89-68-44-26-28-46-84(68)105-91(89)94)54-70(74)93-71-55-73-77(57-75(71)97(2)79-49-65(48-78(96)86(79)93)100(58-30-12-5-13-31-58)59-32-14-6-15-33-59)99(4)81-51-67(102(62-38-20-9-21-39-62)63-40-22-10-23-41-63)53-83-88(81)95(73)92-90(104-83)69-45-27-29-47-85(69)106-92/h5-57H,1-4H3. The molecule has 8 heterocycles. The van der Waals surface area contributed by atoms with Gasteiger partial charge in [-0.2, -0.15) is 0 Å². The fraction of sp³-hybridized carbons (Fsp3) is 0.0435. The minimum Gasteiger partial charge on any atom is -0.457 e. The molecule has 2 aromatic heterocycles. The summed E-state index contributed by atoms with van der Waals surface area (Å²) in [5, 5.41) is 2.39. The minimum atomic E-state index is -0.195. The molecule has 6 aliphatic heterocycles. The molecule has 22 rings (SSSR count). The van der Waals surface area contributed by atoms with Gasteiger partial charge in [-0.1, -0.05) is 170 Å². The van der Waals surface area contributed by atoms with Crippen molar-refractivity contribution in [3.05, 3.63) is 322 Å². The lowest BCUT2D eigenvalue weighted by molar-refractivity contribution is 0.495. The zero-order valence-corrected chi connectivity index (χ0v) is 60.3. The van der Waals surface area contributed by atoms with E-state index in [-0.39, 0.29) is 20.1 Å². The third-order valence-electron chi connectivity index (χ3n) is 22.9. The molecule has 6 aliphatic rings. The molecule has 16 aromatic rings. The second-order valence-corrected chi connectivity index (χ2v) is 30.7. The predicted molar refractivity (Wildman–Crippen MR) is 454 cm³/mol. The highest BCUT2D eigenvalue weighted by atomic mass is 32.1. The van der Waals surface area contributed by atoms with E-state index in [1.807, 2.05) is 22.7 Å². The molecule has 0 saturated carbocycles. The van der Waals surface area contributed by atoms with E-state index < -0.39 is 0 Å². The summed E-state index contributed by atoms with van der Waals surface area (Å²) in [4.78, 5) is 19.8. The largest absolute Gasteiger partial charge is 0.457 e. The SMILES string of the molecule is CN1c2cc3c(cc2B2c4sc5ccccc5c4Oc4cc(N(c5ccccc5)c5ccccc5)cc1c42)B1c2cc4c(cc2N(C)c2cc(N(c5ccccc5)c5ccccc5)cc(c21)N3C)N(C)c1cc(N(c2ccccc2)c2ccccc2)cc2c1B4c1sc3ccccc3c1N2c1ccccc1. The van der Waals surface area contributed by atoms with E-state index in [0.29, 0.717) is 0 Å². The van der Waals surface area contributed by atoms with Gasteiger partial charge in [0.05, 0.1) is 22.7 Å². The highest BCUT2D eigenvalue weighted by molar-refractivity contribution is 7.34. The highest BCUT2D eigenvalue weighted by Crippen LogP contribution is 2.53. The Labute approximate surface area is 625 Å². The smallest absolute Gasteiger partial charge is 0.268 e. The van der Waals surface area contributed by atoms with Gasteiger partial charge in [0.2, 0.25) is 0 Å². The zero-order valence-electron chi connectivity index (χ0n) is 58.6. The van der Waals surface area contributed by atoms with Crippen molar-refractivity contribution in [3.8, 4) is 11.5 Å². The normalized spacial score (nSPS) is 13.6. The highest BCUT2D eigenvalue weighted by Gasteiger charge is 2.51. The molecule has 0 N–H and O–H groups in total. The van der Waals surface area contributed by atoms with Crippen molar-refractivity contribution in [3.63, 3.8) is 0 Å². The van der Waals surface area contributed by atoms with Crippen molar-refractivity contribution in [1.29, 1.82) is 0 Å². The summed E-state index contributed by atoms with van der Waals surface area (Å²) in [6, 6.07) is 119. The van der Waals surface area contributed by atoms with Gasteiger partial charge in [-0.05, 0) is 184 Å². The Balaban J connectivity index is 0.805. The van der Waals surface area contributed by atoms with Crippen molar-refractivity contribution in [2.24, 2.45) is 0 Å². The average Bonchev–Trinajstić information content (AvgIpc) is 1.04. The number of hydrogen-bond acceptors (Lipinski definition) is 11. The molecule has 0 saturated heterocycles. The fourth-order valence-corrected chi connectivity index (χ4v) is 20.9. The fourth-order valence-electron chi connectivity index (χ4n) is 18.3. The molecule has 500 valence electrons. The second kappa shape index (κ2) is 23.5. The summed E-state index contributed by atoms with van der Waals surface area (Å²) in [6.07, 6.45) is 0. The molecule has 0 unspecified atom stereocenters. The lowest BCUT2D eigenvalue weighted by Gasteiger charge is -2.46. The molecule has 0 aliphatic carbocycles. The van der Waals surface area contributed by atoms with Crippen LogP contribution in [-0.2, 0) is 0 Å². The summed E-state index contributed by atoms with van der Waals surface area (Å²) in [5.74, 6) is 1.82. The van der Waals surface area contributed by atoms with Crippen LogP contribution in [-0.4, -0.2) is 48.3 Å². The molecular weight excluding hydrogens is 1330 g/mol. The van der Waals surface area contributed by atoms with Gasteiger partial charge in [0.25, 0.3) is 20.1 Å². The van der Waals surface area contributed by atoms with Crippen LogP contribution in [0.5, 0.6) is 11.5 Å². The lowest BCUT2D eigenvalue weighted by atomic mass is 9.30. The topological polar surface area (TPSA) is 35.2 Å².